The highest BCUT2D eigenvalue weighted by atomic mass is 35.5. The highest BCUT2D eigenvalue weighted by Crippen LogP contribution is 2.46. The quantitative estimate of drug-likeness (QED) is 0.419. The van der Waals surface area contributed by atoms with Gasteiger partial charge in [0.15, 0.2) is 0 Å². The lowest BCUT2D eigenvalue weighted by atomic mass is 9.95. The summed E-state index contributed by atoms with van der Waals surface area (Å²) in [7, 11) is 1.58. The third-order valence-electron chi connectivity index (χ3n) is 5.79. The molecule has 0 radical (unpaired) electrons. The molecule has 1 amide bonds. The lowest BCUT2D eigenvalue weighted by Gasteiger charge is -2.27. The number of halogens is 2. The fraction of sp³-hybridized carbons (Fsp3) is 0.120. The van der Waals surface area contributed by atoms with Crippen molar-refractivity contribution in [1.82, 2.24) is 15.1 Å². The standard InChI is InChI=1S/C25H19ClFN3O3/c1-33-16-9-6-14(7-10-16)13-30-24(17-4-2-3-5-19(17)27)21-22(28-29-23(21)25(30)32)18-12-15(26)8-11-20(18)31/h2-12,24,31H,13H2,1H3,(H,28,29). The Bertz CT molecular complexity index is 1350. The molecule has 4 aromatic rings. The number of phenols is 1. The number of aromatic nitrogens is 2. The molecule has 1 aliphatic rings. The molecule has 5 rings (SSSR count). The first kappa shape index (κ1) is 21.0. The number of H-pyrrole nitrogens is 1. The van der Waals surface area contributed by atoms with E-state index in [1.807, 2.05) is 24.3 Å². The SMILES string of the molecule is COc1ccc(CN2C(=O)c3[nH]nc(-c4cc(Cl)ccc4O)c3C2c2ccccc2F)cc1. The lowest BCUT2D eigenvalue weighted by Crippen LogP contribution is -2.29. The second-order valence-electron chi connectivity index (χ2n) is 7.73. The molecule has 166 valence electrons. The van der Waals surface area contributed by atoms with Crippen LogP contribution < -0.4 is 4.74 Å². The Morgan fingerprint density at radius 3 is 2.64 bits per heavy atom. The van der Waals surface area contributed by atoms with Gasteiger partial charge in [-0.05, 0) is 42.0 Å². The number of benzene rings is 3. The molecule has 0 bridgehead atoms. The van der Waals surface area contributed by atoms with Gasteiger partial charge in [-0.3, -0.25) is 9.89 Å². The summed E-state index contributed by atoms with van der Waals surface area (Å²) in [5.74, 6) is -0.0907. The summed E-state index contributed by atoms with van der Waals surface area (Å²) in [4.78, 5) is 15.0. The minimum atomic E-state index is -0.747. The van der Waals surface area contributed by atoms with Gasteiger partial charge < -0.3 is 14.7 Å². The van der Waals surface area contributed by atoms with Gasteiger partial charge in [-0.25, -0.2) is 4.39 Å². The fourth-order valence-corrected chi connectivity index (χ4v) is 4.38. The molecule has 6 nitrogen and oxygen atoms in total. The van der Waals surface area contributed by atoms with E-state index in [4.69, 9.17) is 16.3 Å². The van der Waals surface area contributed by atoms with Crippen molar-refractivity contribution in [3.63, 3.8) is 0 Å². The number of hydrogen-bond acceptors (Lipinski definition) is 4. The Balaban J connectivity index is 1.66. The van der Waals surface area contributed by atoms with E-state index in [-0.39, 0.29) is 23.9 Å². The minimum absolute atomic E-state index is 0.0398. The minimum Gasteiger partial charge on any atom is -0.507 e. The number of ether oxygens (including phenoxy) is 1. The van der Waals surface area contributed by atoms with Crippen LogP contribution in [-0.2, 0) is 6.54 Å². The van der Waals surface area contributed by atoms with Gasteiger partial charge >= 0.3 is 0 Å². The first-order valence-corrected chi connectivity index (χ1v) is 10.6. The molecule has 0 fully saturated rings. The predicted octanol–water partition coefficient (Wildman–Crippen LogP) is 5.33. The number of aromatic amines is 1. The van der Waals surface area contributed by atoms with Crippen molar-refractivity contribution < 1.29 is 19.0 Å². The van der Waals surface area contributed by atoms with Crippen molar-refractivity contribution in [2.45, 2.75) is 12.6 Å². The van der Waals surface area contributed by atoms with E-state index in [0.717, 1.165) is 5.56 Å². The Labute approximate surface area is 194 Å². The number of carbonyl (C=O) groups is 1. The molecule has 33 heavy (non-hydrogen) atoms. The zero-order valence-electron chi connectivity index (χ0n) is 17.5. The maximum Gasteiger partial charge on any atom is 0.273 e. The Morgan fingerprint density at radius 1 is 1.15 bits per heavy atom. The van der Waals surface area contributed by atoms with E-state index in [2.05, 4.69) is 10.2 Å². The van der Waals surface area contributed by atoms with Crippen molar-refractivity contribution in [3.8, 4) is 22.8 Å². The molecule has 8 heteroatoms. The molecule has 0 aliphatic carbocycles. The normalized spacial score (nSPS) is 15.1. The molecule has 2 heterocycles. The van der Waals surface area contributed by atoms with Crippen molar-refractivity contribution in [2.75, 3.05) is 7.11 Å². The number of phenolic OH excluding ortho intramolecular Hbond substituents is 1. The molecule has 1 aromatic heterocycles. The van der Waals surface area contributed by atoms with Crippen LogP contribution >= 0.6 is 11.6 Å². The smallest absolute Gasteiger partial charge is 0.273 e. The predicted molar refractivity (Wildman–Crippen MR) is 122 cm³/mol. The first-order valence-electron chi connectivity index (χ1n) is 10.2. The van der Waals surface area contributed by atoms with Crippen LogP contribution in [0.5, 0.6) is 11.5 Å². The molecule has 0 saturated carbocycles. The number of nitrogens with one attached hydrogen (secondary N) is 1. The summed E-state index contributed by atoms with van der Waals surface area (Å²) < 4.78 is 20.2. The highest BCUT2D eigenvalue weighted by Gasteiger charge is 2.43. The summed E-state index contributed by atoms with van der Waals surface area (Å²) >= 11 is 6.16. The number of carbonyl (C=O) groups excluding carboxylic acids is 1. The highest BCUT2D eigenvalue weighted by molar-refractivity contribution is 6.31. The van der Waals surface area contributed by atoms with E-state index in [1.165, 1.54) is 12.1 Å². The maximum atomic E-state index is 15.0. The van der Waals surface area contributed by atoms with Crippen LogP contribution in [0.15, 0.2) is 66.7 Å². The van der Waals surface area contributed by atoms with Gasteiger partial charge in [0.1, 0.15) is 28.7 Å². The van der Waals surface area contributed by atoms with Gasteiger partial charge in [-0.15, -0.1) is 0 Å². The number of aromatic hydroxyl groups is 1. The summed E-state index contributed by atoms with van der Waals surface area (Å²) in [5, 5.41) is 18.0. The van der Waals surface area contributed by atoms with Gasteiger partial charge in [0.25, 0.3) is 5.91 Å². The second kappa shape index (κ2) is 8.26. The topological polar surface area (TPSA) is 78.5 Å². The van der Waals surface area contributed by atoms with E-state index in [0.29, 0.717) is 33.2 Å². The van der Waals surface area contributed by atoms with Crippen LogP contribution in [0.4, 0.5) is 4.39 Å². The molecule has 3 aromatic carbocycles. The Kier molecular flexibility index (Phi) is 5.26. The first-order chi connectivity index (χ1) is 16.0. The number of hydrogen-bond donors (Lipinski definition) is 2. The average molecular weight is 464 g/mol. The summed E-state index contributed by atoms with van der Waals surface area (Å²) in [6, 6.07) is 17.5. The monoisotopic (exact) mass is 463 g/mol. The molecule has 0 spiro atoms. The van der Waals surface area contributed by atoms with Crippen molar-refractivity contribution in [3.05, 3.63) is 100.0 Å². The van der Waals surface area contributed by atoms with Crippen LogP contribution in [0.3, 0.4) is 0 Å². The van der Waals surface area contributed by atoms with Gasteiger partial charge in [0.2, 0.25) is 0 Å². The van der Waals surface area contributed by atoms with Crippen LogP contribution in [0.2, 0.25) is 5.02 Å². The third-order valence-corrected chi connectivity index (χ3v) is 6.02. The largest absolute Gasteiger partial charge is 0.507 e. The van der Waals surface area contributed by atoms with E-state index < -0.39 is 11.9 Å². The maximum absolute atomic E-state index is 15.0. The average Bonchev–Trinajstić information content (AvgIpc) is 3.36. The second-order valence-corrected chi connectivity index (χ2v) is 8.16. The van der Waals surface area contributed by atoms with Crippen molar-refractivity contribution in [1.29, 1.82) is 0 Å². The molecule has 1 atom stereocenters. The lowest BCUT2D eigenvalue weighted by molar-refractivity contribution is 0.0728. The molecule has 1 aliphatic heterocycles. The summed E-state index contributed by atoms with van der Waals surface area (Å²) in [6.45, 7) is 0.241. The molecule has 1 unspecified atom stereocenters. The van der Waals surface area contributed by atoms with E-state index in [9.17, 15) is 9.90 Å². The molecule has 0 saturated heterocycles. The zero-order valence-corrected chi connectivity index (χ0v) is 18.3. The van der Waals surface area contributed by atoms with Gasteiger partial charge in [0, 0.05) is 28.3 Å². The van der Waals surface area contributed by atoms with Gasteiger partial charge in [-0.2, -0.15) is 5.10 Å². The van der Waals surface area contributed by atoms with Crippen molar-refractivity contribution >= 4 is 17.5 Å². The van der Waals surface area contributed by atoms with Crippen LogP contribution in [0.25, 0.3) is 11.3 Å². The number of rotatable bonds is 5. The van der Waals surface area contributed by atoms with Crippen LogP contribution in [0.1, 0.15) is 33.2 Å². The molecule has 2 N–H and O–H groups in total. The number of fused-ring (bicyclic) bond motifs is 1. The number of amides is 1. The van der Waals surface area contributed by atoms with E-state index in [1.54, 1.807) is 42.3 Å². The molecular weight excluding hydrogens is 445 g/mol. The Hall–Kier alpha value is -3.84. The fourth-order valence-electron chi connectivity index (χ4n) is 4.21. The summed E-state index contributed by atoms with van der Waals surface area (Å²) in [6.07, 6.45) is 0. The third kappa shape index (κ3) is 3.60. The van der Waals surface area contributed by atoms with Crippen molar-refractivity contribution in [2.24, 2.45) is 0 Å². The number of methoxy groups -OCH3 is 1. The van der Waals surface area contributed by atoms with Gasteiger partial charge in [-0.1, -0.05) is 41.9 Å². The zero-order chi connectivity index (χ0) is 23.1. The van der Waals surface area contributed by atoms with E-state index >= 15 is 4.39 Å². The van der Waals surface area contributed by atoms with Crippen LogP contribution in [-0.4, -0.2) is 33.2 Å². The summed E-state index contributed by atoms with van der Waals surface area (Å²) in [5.41, 5.74) is 2.66. The van der Waals surface area contributed by atoms with Crippen LogP contribution in [0, 0.1) is 5.82 Å². The Morgan fingerprint density at radius 2 is 1.91 bits per heavy atom. The number of nitrogens with zero attached hydrogens (tertiary/aromatic N) is 2. The van der Waals surface area contributed by atoms with Gasteiger partial charge in [0.05, 0.1) is 13.2 Å². The molecular formula is C25H19ClFN3O3.